The van der Waals surface area contributed by atoms with Crippen LogP contribution in [0, 0.1) is 0 Å². The van der Waals surface area contributed by atoms with Crippen LogP contribution in [0.5, 0.6) is 0 Å². The monoisotopic (exact) mass is 419 g/mol. The number of rotatable bonds is 7. The molecule has 0 radical (unpaired) electrons. The Morgan fingerprint density at radius 2 is 2.03 bits per heavy atom. The normalized spacial score (nSPS) is 16.2. The van der Waals surface area contributed by atoms with Gasteiger partial charge < -0.3 is 15.0 Å². The highest BCUT2D eigenvalue weighted by atomic mass is 16.5. The van der Waals surface area contributed by atoms with E-state index >= 15 is 0 Å². The van der Waals surface area contributed by atoms with E-state index in [1.165, 1.54) is 11.1 Å². The molecule has 3 aromatic rings. The number of hydrogen-bond donors (Lipinski definition) is 2. The van der Waals surface area contributed by atoms with Gasteiger partial charge in [-0.05, 0) is 24.0 Å². The second-order valence-corrected chi connectivity index (χ2v) is 8.24. The first-order valence-corrected chi connectivity index (χ1v) is 10.5. The molecule has 0 fully saturated rings. The van der Waals surface area contributed by atoms with Crippen molar-refractivity contribution in [3.8, 4) is 0 Å². The molecule has 1 unspecified atom stereocenters. The van der Waals surface area contributed by atoms with Gasteiger partial charge in [0.05, 0.1) is 30.7 Å². The van der Waals surface area contributed by atoms with Crippen LogP contribution in [-0.2, 0) is 35.5 Å². The minimum atomic E-state index is -0.0499. The van der Waals surface area contributed by atoms with Gasteiger partial charge in [-0.1, -0.05) is 31.2 Å². The van der Waals surface area contributed by atoms with Crippen LogP contribution >= 0.6 is 0 Å². The van der Waals surface area contributed by atoms with Crippen LogP contribution in [0.3, 0.4) is 0 Å². The van der Waals surface area contributed by atoms with Crippen molar-refractivity contribution in [2.75, 3.05) is 18.5 Å². The predicted molar refractivity (Wildman–Crippen MR) is 113 cm³/mol. The van der Waals surface area contributed by atoms with Gasteiger partial charge in [0.25, 0.3) is 0 Å². The molecule has 2 aromatic heterocycles. The summed E-state index contributed by atoms with van der Waals surface area (Å²) in [6.45, 7) is 3.44. The molecule has 9 nitrogen and oxygen atoms in total. The van der Waals surface area contributed by atoms with Crippen molar-refractivity contribution in [1.29, 1.82) is 0 Å². The summed E-state index contributed by atoms with van der Waals surface area (Å²) >= 11 is 0. The highest BCUT2D eigenvalue weighted by Crippen LogP contribution is 2.25. The number of nitrogens with one attached hydrogen (secondary N) is 2. The van der Waals surface area contributed by atoms with Crippen LogP contribution in [0.15, 0.2) is 36.7 Å². The molecule has 2 aliphatic rings. The molecule has 1 atom stereocenters. The van der Waals surface area contributed by atoms with Gasteiger partial charge in [-0.15, -0.1) is 0 Å². The van der Waals surface area contributed by atoms with E-state index in [1.54, 1.807) is 11.1 Å². The Labute approximate surface area is 180 Å². The van der Waals surface area contributed by atoms with Crippen LogP contribution in [-0.4, -0.2) is 55.4 Å². The standard InChI is InChI=1S/C22H25N7O2/c1-14(19-9-24-28-27-19)12-31-13-21(30)29-10-17-8-23-22(26-20(17)11-29)25-18-6-15-4-2-3-5-16(15)7-18/h2-5,8-9,14,18H,6-7,10-13H2,1H3,(H,23,25,26)(H,24,27,28). The first-order chi connectivity index (χ1) is 15.2. The number of anilines is 1. The Hall–Kier alpha value is -3.33. The van der Waals surface area contributed by atoms with Gasteiger partial charge in [-0.25, -0.2) is 9.97 Å². The summed E-state index contributed by atoms with van der Waals surface area (Å²) < 4.78 is 5.61. The quantitative estimate of drug-likeness (QED) is 0.601. The number of aromatic amines is 1. The molecule has 0 spiro atoms. The van der Waals surface area contributed by atoms with Gasteiger partial charge in [0.2, 0.25) is 11.9 Å². The minimum Gasteiger partial charge on any atom is -0.371 e. The topological polar surface area (TPSA) is 109 Å². The number of hydrogen-bond acceptors (Lipinski definition) is 7. The van der Waals surface area contributed by atoms with Gasteiger partial charge in [-0.2, -0.15) is 15.4 Å². The van der Waals surface area contributed by atoms with Crippen molar-refractivity contribution in [3.63, 3.8) is 0 Å². The summed E-state index contributed by atoms with van der Waals surface area (Å²) in [6, 6.07) is 8.82. The van der Waals surface area contributed by atoms with Crippen LogP contribution < -0.4 is 5.32 Å². The molecule has 0 saturated heterocycles. The predicted octanol–water partition coefficient (Wildman–Crippen LogP) is 1.84. The van der Waals surface area contributed by atoms with E-state index in [9.17, 15) is 4.79 Å². The maximum absolute atomic E-state index is 12.6. The zero-order chi connectivity index (χ0) is 21.2. The van der Waals surface area contributed by atoms with E-state index in [1.807, 2.05) is 13.1 Å². The maximum Gasteiger partial charge on any atom is 0.249 e. The molecule has 0 bridgehead atoms. The zero-order valence-electron chi connectivity index (χ0n) is 17.4. The lowest BCUT2D eigenvalue weighted by atomic mass is 10.1. The Bertz CT molecular complexity index is 1040. The first kappa shape index (κ1) is 19.6. The fraction of sp³-hybridized carbons (Fsp3) is 0.409. The second kappa shape index (κ2) is 8.43. The Morgan fingerprint density at radius 3 is 2.77 bits per heavy atom. The zero-order valence-corrected chi connectivity index (χ0v) is 17.4. The van der Waals surface area contributed by atoms with Crippen molar-refractivity contribution < 1.29 is 9.53 Å². The number of nitrogens with zero attached hydrogens (tertiary/aromatic N) is 5. The van der Waals surface area contributed by atoms with E-state index in [0.717, 1.165) is 29.8 Å². The van der Waals surface area contributed by atoms with E-state index < -0.39 is 0 Å². The molecule has 1 aliphatic carbocycles. The van der Waals surface area contributed by atoms with E-state index in [0.29, 0.717) is 31.7 Å². The van der Waals surface area contributed by atoms with Crippen molar-refractivity contribution in [1.82, 2.24) is 30.3 Å². The third-order valence-electron chi connectivity index (χ3n) is 5.92. The number of carbonyl (C=O) groups is 1. The Morgan fingerprint density at radius 1 is 1.23 bits per heavy atom. The number of ether oxygens (including phenoxy) is 1. The SMILES string of the molecule is CC(COCC(=O)N1Cc2cnc(NC3Cc4ccccc4C3)nc2C1)c1cn[nH]n1. The summed E-state index contributed by atoms with van der Waals surface area (Å²) in [6.07, 6.45) is 5.45. The lowest BCUT2D eigenvalue weighted by Gasteiger charge is -2.16. The molecular formula is C22H25N7O2. The van der Waals surface area contributed by atoms with Crippen LogP contribution in [0.4, 0.5) is 5.95 Å². The highest BCUT2D eigenvalue weighted by Gasteiger charge is 2.27. The molecule has 160 valence electrons. The van der Waals surface area contributed by atoms with Gasteiger partial charge in [0.1, 0.15) is 6.61 Å². The molecule has 31 heavy (non-hydrogen) atoms. The fourth-order valence-corrected chi connectivity index (χ4v) is 4.19. The lowest BCUT2D eigenvalue weighted by Crippen LogP contribution is -2.29. The summed E-state index contributed by atoms with van der Waals surface area (Å²) in [4.78, 5) is 23.5. The third-order valence-corrected chi connectivity index (χ3v) is 5.92. The fourth-order valence-electron chi connectivity index (χ4n) is 4.19. The van der Waals surface area contributed by atoms with E-state index in [-0.39, 0.29) is 18.4 Å². The van der Waals surface area contributed by atoms with Crippen molar-refractivity contribution in [3.05, 3.63) is 64.7 Å². The summed E-state index contributed by atoms with van der Waals surface area (Å²) in [5.41, 5.74) is 5.48. The maximum atomic E-state index is 12.6. The van der Waals surface area contributed by atoms with Crippen molar-refractivity contribution >= 4 is 11.9 Å². The Kier molecular flexibility index (Phi) is 5.33. The summed E-state index contributed by atoms with van der Waals surface area (Å²) in [5.74, 6) is 0.651. The van der Waals surface area contributed by atoms with Crippen LogP contribution in [0.1, 0.15) is 40.9 Å². The minimum absolute atomic E-state index is 0.0368. The average Bonchev–Trinajstić information content (AvgIpc) is 3.51. The first-order valence-electron chi connectivity index (χ1n) is 10.5. The van der Waals surface area contributed by atoms with Gasteiger partial charge >= 0.3 is 0 Å². The van der Waals surface area contributed by atoms with Crippen molar-refractivity contribution in [2.45, 2.75) is 44.8 Å². The lowest BCUT2D eigenvalue weighted by molar-refractivity contribution is -0.136. The number of fused-ring (bicyclic) bond motifs is 2. The number of aromatic nitrogens is 5. The van der Waals surface area contributed by atoms with Crippen molar-refractivity contribution in [2.24, 2.45) is 0 Å². The third kappa shape index (κ3) is 4.27. The molecule has 1 aliphatic heterocycles. The smallest absolute Gasteiger partial charge is 0.249 e. The number of benzene rings is 1. The highest BCUT2D eigenvalue weighted by molar-refractivity contribution is 5.78. The number of carbonyl (C=O) groups excluding carboxylic acids is 1. The largest absolute Gasteiger partial charge is 0.371 e. The average molecular weight is 419 g/mol. The van der Waals surface area contributed by atoms with Gasteiger partial charge in [-0.3, -0.25) is 4.79 Å². The molecule has 1 aromatic carbocycles. The molecule has 9 heteroatoms. The molecule has 1 amide bonds. The molecule has 2 N–H and O–H groups in total. The molecule has 0 saturated carbocycles. The van der Waals surface area contributed by atoms with Gasteiger partial charge in [0, 0.05) is 30.3 Å². The van der Waals surface area contributed by atoms with E-state index in [2.05, 4.69) is 55.0 Å². The summed E-state index contributed by atoms with van der Waals surface area (Å²) in [7, 11) is 0. The summed E-state index contributed by atoms with van der Waals surface area (Å²) in [5, 5.41) is 13.9. The molecular weight excluding hydrogens is 394 g/mol. The van der Waals surface area contributed by atoms with Gasteiger partial charge in [0.15, 0.2) is 0 Å². The van der Waals surface area contributed by atoms with Crippen LogP contribution in [0.25, 0.3) is 0 Å². The van der Waals surface area contributed by atoms with Crippen LogP contribution in [0.2, 0.25) is 0 Å². The second-order valence-electron chi connectivity index (χ2n) is 8.24. The van der Waals surface area contributed by atoms with E-state index in [4.69, 9.17) is 4.74 Å². The Balaban J connectivity index is 1.13. The molecule has 3 heterocycles. The molecule has 5 rings (SSSR count). The number of H-pyrrole nitrogens is 1. The number of amides is 1.